The smallest absolute Gasteiger partial charge is 0.224 e. The van der Waals surface area contributed by atoms with Crippen molar-refractivity contribution in [2.24, 2.45) is 0 Å². The number of carbonyl (C=O) groups excluding carboxylic acids is 1. The van der Waals surface area contributed by atoms with E-state index in [-0.39, 0.29) is 5.91 Å². The molecule has 2 bridgehead atoms. The van der Waals surface area contributed by atoms with Crippen molar-refractivity contribution in [3.63, 3.8) is 0 Å². The van der Waals surface area contributed by atoms with Gasteiger partial charge in [-0.05, 0) is 19.3 Å². The zero-order valence-electron chi connectivity index (χ0n) is 10.5. The monoisotopic (exact) mass is 249 g/mol. The normalized spacial score (nSPS) is 27.2. The van der Waals surface area contributed by atoms with Gasteiger partial charge in [-0.1, -0.05) is 0 Å². The molecule has 0 spiro atoms. The third-order valence-electron chi connectivity index (χ3n) is 3.90. The first-order chi connectivity index (χ1) is 8.81. The van der Waals surface area contributed by atoms with Gasteiger partial charge in [0, 0.05) is 31.6 Å². The lowest BCUT2D eigenvalue weighted by atomic mass is 10.1. The molecular weight excluding hydrogens is 230 g/mol. The molecule has 2 atom stereocenters. The van der Waals surface area contributed by atoms with Crippen molar-refractivity contribution >= 4 is 5.91 Å². The second-order valence-corrected chi connectivity index (χ2v) is 5.17. The summed E-state index contributed by atoms with van der Waals surface area (Å²) in [6.45, 7) is 2.38. The fraction of sp³-hybridized carbons (Fsp3) is 0.750. The van der Waals surface area contributed by atoms with Gasteiger partial charge in [-0.3, -0.25) is 9.48 Å². The topological polar surface area (TPSA) is 63.1 Å². The van der Waals surface area contributed by atoms with Gasteiger partial charge in [-0.2, -0.15) is 5.10 Å². The van der Waals surface area contributed by atoms with Gasteiger partial charge in [0.15, 0.2) is 0 Å². The average Bonchev–Trinajstić information content (AvgIpc) is 2.96. The summed E-state index contributed by atoms with van der Waals surface area (Å²) < 4.78 is 1.71. The number of rotatable bonds is 3. The molecule has 2 aliphatic rings. The van der Waals surface area contributed by atoms with Crippen LogP contribution in [0, 0.1) is 0 Å². The Kier molecular flexibility index (Phi) is 3.27. The van der Waals surface area contributed by atoms with E-state index in [1.165, 1.54) is 19.2 Å². The van der Waals surface area contributed by atoms with Gasteiger partial charge >= 0.3 is 0 Å². The van der Waals surface area contributed by atoms with Crippen molar-refractivity contribution in [1.29, 1.82) is 0 Å². The molecular formula is C12H19N5O. The molecule has 1 amide bonds. The number of hydrogen-bond donors (Lipinski definition) is 1. The van der Waals surface area contributed by atoms with Crippen molar-refractivity contribution < 1.29 is 4.79 Å². The standard InChI is InChI=1S/C12H19N5O/c18-12(4-6-17-9-13-8-14-17)16-5-3-10-1-2-11(7-16)15-10/h8-11,15H,1-7H2. The summed E-state index contributed by atoms with van der Waals surface area (Å²) in [7, 11) is 0. The molecule has 0 saturated carbocycles. The van der Waals surface area contributed by atoms with Gasteiger partial charge in [0.25, 0.3) is 0 Å². The van der Waals surface area contributed by atoms with Gasteiger partial charge in [0.1, 0.15) is 12.7 Å². The molecule has 6 nitrogen and oxygen atoms in total. The minimum Gasteiger partial charge on any atom is -0.341 e. The van der Waals surface area contributed by atoms with Crippen LogP contribution in [0.1, 0.15) is 25.7 Å². The van der Waals surface area contributed by atoms with Gasteiger partial charge in [-0.25, -0.2) is 4.98 Å². The Morgan fingerprint density at radius 3 is 3.06 bits per heavy atom. The fourth-order valence-corrected chi connectivity index (χ4v) is 2.89. The molecule has 2 saturated heterocycles. The highest BCUT2D eigenvalue weighted by atomic mass is 16.2. The van der Waals surface area contributed by atoms with Crippen LogP contribution in [0.2, 0.25) is 0 Å². The highest BCUT2D eigenvalue weighted by molar-refractivity contribution is 5.76. The molecule has 1 aromatic heterocycles. The van der Waals surface area contributed by atoms with Crippen LogP contribution in [-0.4, -0.2) is 50.7 Å². The minimum absolute atomic E-state index is 0.236. The largest absolute Gasteiger partial charge is 0.341 e. The Bertz CT molecular complexity index is 405. The van der Waals surface area contributed by atoms with Gasteiger partial charge in [-0.15, -0.1) is 0 Å². The third kappa shape index (κ3) is 2.53. The van der Waals surface area contributed by atoms with Crippen LogP contribution in [0.3, 0.4) is 0 Å². The van der Waals surface area contributed by atoms with Crippen molar-refractivity contribution in [2.75, 3.05) is 13.1 Å². The van der Waals surface area contributed by atoms with E-state index in [4.69, 9.17) is 0 Å². The maximum absolute atomic E-state index is 12.2. The summed E-state index contributed by atoms with van der Waals surface area (Å²) in [6.07, 6.45) is 7.23. The minimum atomic E-state index is 0.236. The van der Waals surface area contributed by atoms with Crippen LogP contribution in [0.15, 0.2) is 12.7 Å². The first-order valence-electron chi connectivity index (χ1n) is 6.67. The van der Waals surface area contributed by atoms with Crippen LogP contribution >= 0.6 is 0 Å². The Labute approximate surface area is 106 Å². The molecule has 2 fully saturated rings. The van der Waals surface area contributed by atoms with Crippen LogP contribution < -0.4 is 5.32 Å². The van der Waals surface area contributed by atoms with Crippen LogP contribution in [-0.2, 0) is 11.3 Å². The molecule has 3 rings (SSSR count). The van der Waals surface area contributed by atoms with Gasteiger partial charge in [0.05, 0.1) is 6.54 Å². The predicted octanol–water partition coefficient (Wildman–Crippen LogP) is 0.0211. The Morgan fingerprint density at radius 2 is 2.22 bits per heavy atom. The number of likely N-dealkylation sites (tertiary alicyclic amines) is 1. The summed E-state index contributed by atoms with van der Waals surface area (Å²) >= 11 is 0. The third-order valence-corrected chi connectivity index (χ3v) is 3.90. The lowest BCUT2D eigenvalue weighted by Gasteiger charge is -2.24. The number of amides is 1. The molecule has 18 heavy (non-hydrogen) atoms. The summed E-state index contributed by atoms with van der Waals surface area (Å²) in [4.78, 5) is 18.0. The maximum atomic E-state index is 12.2. The highest BCUT2D eigenvalue weighted by Gasteiger charge is 2.30. The van der Waals surface area contributed by atoms with E-state index < -0.39 is 0 Å². The van der Waals surface area contributed by atoms with Crippen LogP contribution in [0.5, 0.6) is 0 Å². The molecule has 0 aromatic carbocycles. The van der Waals surface area contributed by atoms with Crippen molar-refractivity contribution in [2.45, 2.75) is 44.3 Å². The van der Waals surface area contributed by atoms with Crippen molar-refractivity contribution in [3.05, 3.63) is 12.7 Å². The first kappa shape index (κ1) is 11.6. The lowest BCUT2D eigenvalue weighted by molar-refractivity contribution is -0.131. The molecule has 1 N–H and O–H groups in total. The number of nitrogens with one attached hydrogen (secondary N) is 1. The lowest BCUT2D eigenvalue weighted by Crippen LogP contribution is -2.39. The SMILES string of the molecule is O=C(CCn1cncn1)N1CCC2CCC(C1)N2. The molecule has 0 radical (unpaired) electrons. The maximum Gasteiger partial charge on any atom is 0.224 e. The summed E-state index contributed by atoms with van der Waals surface area (Å²) in [6, 6.07) is 1.14. The van der Waals surface area contributed by atoms with E-state index in [0.717, 1.165) is 19.5 Å². The summed E-state index contributed by atoms with van der Waals surface area (Å²) in [5.74, 6) is 0.236. The highest BCUT2D eigenvalue weighted by Crippen LogP contribution is 2.20. The van der Waals surface area contributed by atoms with E-state index in [2.05, 4.69) is 15.4 Å². The van der Waals surface area contributed by atoms with Gasteiger partial charge < -0.3 is 10.2 Å². The number of fused-ring (bicyclic) bond motifs is 2. The second kappa shape index (κ2) is 5.06. The van der Waals surface area contributed by atoms with E-state index >= 15 is 0 Å². The van der Waals surface area contributed by atoms with Gasteiger partial charge in [0.2, 0.25) is 5.91 Å². The van der Waals surface area contributed by atoms with Crippen molar-refractivity contribution in [3.8, 4) is 0 Å². The Balaban J connectivity index is 1.52. The summed E-state index contributed by atoms with van der Waals surface area (Å²) in [5.41, 5.74) is 0. The van der Waals surface area contributed by atoms with E-state index in [9.17, 15) is 4.79 Å². The first-order valence-corrected chi connectivity index (χ1v) is 6.67. The average molecular weight is 249 g/mol. The van der Waals surface area contributed by atoms with Crippen LogP contribution in [0.4, 0.5) is 0 Å². The number of aromatic nitrogens is 3. The van der Waals surface area contributed by atoms with E-state index in [1.54, 1.807) is 11.0 Å². The summed E-state index contributed by atoms with van der Waals surface area (Å²) in [5, 5.41) is 7.60. The molecule has 2 unspecified atom stereocenters. The second-order valence-electron chi connectivity index (χ2n) is 5.17. The molecule has 0 aliphatic carbocycles. The zero-order chi connectivity index (χ0) is 12.4. The quantitative estimate of drug-likeness (QED) is 0.820. The molecule has 2 aliphatic heterocycles. The number of hydrogen-bond acceptors (Lipinski definition) is 4. The number of carbonyl (C=O) groups is 1. The fourth-order valence-electron chi connectivity index (χ4n) is 2.89. The zero-order valence-corrected chi connectivity index (χ0v) is 10.5. The molecule has 1 aromatic rings. The number of aryl methyl sites for hydroxylation is 1. The molecule has 98 valence electrons. The van der Waals surface area contributed by atoms with E-state index in [1.807, 2.05) is 4.90 Å². The Hall–Kier alpha value is -1.43. The van der Waals surface area contributed by atoms with Crippen LogP contribution in [0.25, 0.3) is 0 Å². The van der Waals surface area contributed by atoms with E-state index in [0.29, 0.717) is 25.0 Å². The van der Waals surface area contributed by atoms with Crippen molar-refractivity contribution in [1.82, 2.24) is 25.0 Å². The molecule has 3 heterocycles. The molecule has 6 heteroatoms. The predicted molar refractivity (Wildman–Crippen MR) is 65.8 cm³/mol. The Morgan fingerprint density at radius 1 is 1.33 bits per heavy atom. The number of nitrogens with zero attached hydrogens (tertiary/aromatic N) is 4.